The van der Waals surface area contributed by atoms with Crippen molar-refractivity contribution in [1.29, 1.82) is 0 Å². The van der Waals surface area contributed by atoms with E-state index < -0.39 is 6.04 Å². The van der Waals surface area contributed by atoms with Gasteiger partial charge in [0.05, 0.1) is 6.61 Å². The molecule has 1 unspecified atom stereocenters. The molecule has 1 atom stereocenters. The van der Waals surface area contributed by atoms with Crippen molar-refractivity contribution >= 4 is 12.4 Å². The van der Waals surface area contributed by atoms with Crippen LogP contribution in [0.3, 0.4) is 0 Å². The Balaban J connectivity index is 2.39. The molecular formula is C5H7NO3. The molecule has 1 rings (SSSR count). The normalized spacial score (nSPS) is 25.3. The van der Waals surface area contributed by atoms with Gasteiger partial charge in [0.2, 0.25) is 6.41 Å². The quantitative estimate of drug-likeness (QED) is 0.386. The lowest BCUT2D eigenvalue weighted by molar-refractivity contribution is -0.140. The summed E-state index contributed by atoms with van der Waals surface area (Å²) < 4.78 is 4.56. The summed E-state index contributed by atoms with van der Waals surface area (Å²) in [6, 6.07) is -0.400. The molecule has 1 amide bonds. The van der Waals surface area contributed by atoms with E-state index in [1.807, 2.05) is 0 Å². The number of hydrogen-bond acceptors (Lipinski definition) is 3. The minimum Gasteiger partial charge on any atom is -0.464 e. The Labute approximate surface area is 52.2 Å². The van der Waals surface area contributed by atoms with Gasteiger partial charge < -0.3 is 10.1 Å². The summed E-state index contributed by atoms with van der Waals surface area (Å²) >= 11 is 0. The Morgan fingerprint density at radius 3 is 3.00 bits per heavy atom. The van der Waals surface area contributed by atoms with Crippen molar-refractivity contribution in [2.24, 2.45) is 0 Å². The zero-order valence-electron chi connectivity index (χ0n) is 4.79. The van der Waals surface area contributed by atoms with E-state index in [0.717, 1.165) is 0 Å². The van der Waals surface area contributed by atoms with Gasteiger partial charge in [-0.25, -0.2) is 4.79 Å². The van der Waals surface area contributed by atoms with Gasteiger partial charge in [0.15, 0.2) is 0 Å². The van der Waals surface area contributed by atoms with Crippen molar-refractivity contribution in [2.75, 3.05) is 6.61 Å². The van der Waals surface area contributed by atoms with Crippen molar-refractivity contribution in [3.8, 4) is 0 Å². The van der Waals surface area contributed by atoms with Crippen LogP contribution in [0.15, 0.2) is 0 Å². The van der Waals surface area contributed by atoms with Gasteiger partial charge in [-0.3, -0.25) is 4.79 Å². The van der Waals surface area contributed by atoms with Crippen LogP contribution in [0, 0.1) is 0 Å². The molecule has 1 fully saturated rings. The molecule has 0 aromatic carbocycles. The summed E-state index contributed by atoms with van der Waals surface area (Å²) in [5.74, 6) is -0.331. The summed E-state index contributed by atoms with van der Waals surface area (Å²) in [6.45, 7) is 0.421. The van der Waals surface area contributed by atoms with E-state index in [0.29, 0.717) is 19.4 Å². The first-order chi connectivity index (χ1) is 4.34. The fraction of sp³-hybridized carbons (Fsp3) is 0.600. The Morgan fingerprint density at radius 1 is 1.78 bits per heavy atom. The van der Waals surface area contributed by atoms with E-state index in [2.05, 4.69) is 10.1 Å². The van der Waals surface area contributed by atoms with Crippen LogP contribution in [-0.4, -0.2) is 25.0 Å². The average molecular weight is 129 g/mol. The van der Waals surface area contributed by atoms with Gasteiger partial charge in [-0.2, -0.15) is 0 Å². The molecule has 4 heteroatoms. The molecule has 9 heavy (non-hydrogen) atoms. The van der Waals surface area contributed by atoms with Crippen LogP contribution in [0.2, 0.25) is 0 Å². The minimum atomic E-state index is -0.400. The van der Waals surface area contributed by atoms with Gasteiger partial charge in [0.25, 0.3) is 0 Å². The van der Waals surface area contributed by atoms with Crippen LogP contribution in [0.4, 0.5) is 0 Å². The zero-order chi connectivity index (χ0) is 6.69. The summed E-state index contributed by atoms with van der Waals surface area (Å²) in [6.07, 6.45) is 1.11. The predicted octanol–water partition coefficient (Wildman–Crippen LogP) is -0.952. The molecule has 0 saturated carbocycles. The molecule has 0 spiro atoms. The first-order valence-electron chi connectivity index (χ1n) is 2.71. The van der Waals surface area contributed by atoms with Crippen molar-refractivity contribution in [3.63, 3.8) is 0 Å². The zero-order valence-corrected chi connectivity index (χ0v) is 4.79. The lowest BCUT2D eigenvalue weighted by Crippen LogP contribution is -2.31. The van der Waals surface area contributed by atoms with Crippen molar-refractivity contribution in [2.45, 2.75) is 12.5 Å². The third kappa shape index (κ3) is 1.19. The molecule has 4 nitrogen and oxygen atoms in total. The lowest BCUT2D eigenvalue weighted by atomic mass is 10.3. The van der Waals surface area contributed by atoms with Gasteiger partial charge in [-0.05, 0) is 0 Å². The number of rotatable bonds is 2. The molecule has 1 aliphatic rings. The van der Waals surface area contributed by atoms with Crippen molar-refractivity contribution < 1.29 is 14.3 Å². The number of ether oxygens (including phenoxy) is 1. The fourth-order valence-electron chi connectivity index (χ4n) is 0.729. The van der Waals surface area contributed by atoms with Crippen LogP contribution < -0.4 is 5.32 Å². The Kier molecular flexibility index (Phi) is 1.67. The number of esters is 1. The molecule has 0 aromatic heterocycles. The van der Waals surface area contributed by atoms with E-state index in [9.17, 15) is 9.59 Å². The first-order valence-corrected chi connectivity index (χ1v) is 2.71. The van der Waals surface area contributed by atoms with Crippen molar-refractivity contribution in [3.05, 3.63) is 0 Å². The molecule has 1 N–H and O–H groups in total. The van der Waals surface area contributed by atoms with Crippen LogP contribution in [-0.2, 0) is 14.3 Å². The molecule has 0 aromatic rings. The fourth-order valence-corrected chi connectivity index (χ4v) is 0.729. The summed E-state index contributed by atoms with van der Waals surface area (Å²) in [5.41, 5.74) is 0. The Morgan fingerprint density at radius 2 is 2.56 bits per heavy atom. The monoisotopic (exact) mass is 129 g/mol. The van der Waals surface area contributed by atoms with Crippen LogP contribution in [0.5, 0.6) is 0 Å². The van der Waals surface area contributed by atoms with E-state index in [1.54, 1.807) is 0 Å². The number of cyclic esters (lactones) is 1. The van der Waals surface area contributed by atoms with Gasteiger partial charge in [0.1, 0.15) is 6.04 Å². The van der Waals surface area contributed by atoms with Gasteiger partial charge in [-0.15, -0.1) is 0 Å². The van der Waals surface area contributed by atoms with E-state index in [4.69, 9.17) is 0 Å². The van der Waals surface area contributed by atoms with Gasteiger partial charge in [-0.1, -0.05) is 0 Å². The van der Waals surface area contributed by atoms with E-state index in [1.165, 1.54) is 0 Å². The van der Waals surface area contributed by atoms with Crippen LogP contribution in [0.25, 0.3) is 0 Å². The number of carbonyl (C=O) groups is 2. The molecule has 0 aliphatic carbocycles. The maximum Gasteiger partial charge on any atom is 0.328 e. The second-order valence-electron chi connectivity index (χ2n) is 1.79. The summed E-state index contributed by atoms with van der Waals surface area (Å²) in [7, 11) is 0. The highest BCUT2D eigenvalue weighted by molar-refractivity contribution is 5.79. The minimum absolute atomic E-state index is 0.331. The van der Waals surface area contributed by atoms with Crippen molar-refractivity contribution in [1.82, 2.24) is 5.32 Å². The summed E-state index contributed by atoms with van der Waals surface area (Å²) in [5, 5.41) is 2.34. The number of hydrogen-bond donors (Lipinski definition) is 1. The standard InChI is InChI=1S/C5H7NO3/c7-3-6-4-1-2-9-5(4)8/h3-4H,1-2H2,(H,6,7). The molecular weight excluding hydrogens is 122 g/mol. The number of nitrogens with one attached hydrogen (secondary N) is 1. The third-order valence-electron chi connectivity index (χ3n) is 1.20. The maximum atomic E-state index is 10.5. The second-order valence-corrected chi connectivity index (χ2v) is 1.79. The molecule has 1 saturated heterocycles. The molecule has 50 valence electrons. The molecule has 1 aliphatic heterocycles. The topological polar surface area (TPSA) is 55.4 Å². The number of carbonyl (C=O) groups excluding carboxylic acids is 2. The van der Waals surface area contributed by atoms with E-state index in [-0.39, 0.29) is 5.97 Å². The second kappa shape index (κ2) is 2.48. The Hall–Kier alpha value is -1.06. The van der Waals surface area contributed by atoms with Gasteiger partial charge in [0, 0.05) is 6.42 Å². The smallest absolute Gasteiger partial charge is 0.328 e. The van der Waals surface area contributed by atoms with Crippen LogP contribution in [0.1, 0.15) is 6.42 Å². The maximum absolute atomic E-state index is 10.5. The average Bonchev–Trinajstić information content (AvgIpc) is 2.18. The van der Waals surface area contributed by atoms with E-state index >= 15 is 0 Å². The summed E-state index contributed by atoms with van der Waals surface area (Å²) in [4.78, 5) is 20.3. The predicted molar refractivity (Wildman–Crippen MR) is 28.6 cm³/mol. The molecule has 0 bridgehead atoms. The Bertz CT molecular complexity index is 134. The largest absolute Gasteiger partial charge is 0.464 e. The first kappa shape index (κ1) is 6.07. The highest BCUT2D eigenvalue weighted by atomic mass is 16.5. The van der Waals surface area contributed by atoms with Crippen LogP contribution >= 0.6 is 0 Å². The molecule has 1 heterocycles. The number of amides is 1. The molecule has 0 radical (unpaired) electrons. The highest BCUT2D eigenvalue weighted by Gasteiger charge is 2.24. The third-order valence-corrected chi connectivity index (χ3v) is 1.20. The SMILES string of the molecule is O=CNC1CCOC1=O. The highest BCUT2D eigenvalue weighted by Crippen LogP contribution is 2.03. The lowest BCUT2D eigenvalue weighted by Gasteiger charge is -1.99. The van der Waals surface area contributed by atoms with Gasteiger partial charge >= 0.3 is 5.97 Å².